The van der Waals surface area contributed by atoms with Gasteiger partial charge in [-0.25, -0.2) is 13.1 Å². The first-order valence-electron chi connectivity index (χ1n) is 3.72. The number of nitrogens with one attached hydrogen (secondary N) is 1. The Hall–Kier alpha value is -1.15. The van der Waals surface area contributed by atoms with E-state index < -0.39 is 34.3 Å². The van der Waals surface area contributed by atoms with Crippen molar-refractivity contribution in [1.29, 1.82) is 0 Å². The molecule has 0 aliphatic carbocycles. The van der Waals surface area contributed by atoms with E-state index in [2.05, 4.69) is 4.74 Å². The van der Waals surface area contributed by atoms with Crippen molar-refractivity contribution >= 4 is 22.0 Å². The second-order valence-corrected chi connectivity index (χ2v) is 4.09. The third kappa shape index (κ3) is 6.38. The Morgan fingerprint density at radius 1 is 1.43 bits per heavy atom. The van der Waals surface area contributed by atoms with E-state index in [0.29, 0.717) is 0 Å². The van der Waals surface area contributed by atoms with Crippen molar-refractivity contribution < 1.29 is 27.9 Å². The Morgan fingerprint density at radius 3 is 2.43 bits per heavy atom. The first-order chi connectivity index (χ1) is 6.37. The molecule has 0 amide bonds. The fraction of sp³-hybridized carbons (Fsp3) is 0.667. The predicted molar refractivity (Wildman–Crippen MR) is 46.1 cm³/mol. The second-order valence-electron chi connectivity index (χ2n) is 2.28. The molecule has 0 radical (unpaired) electrons. The van der Waals surface area contributed by atoms with Crippen LogP contribution in [0, 0.1) is 0 Å². The lowest BCUT2D eigenvalue weighted by atomic mass is 10.7. The quantitative estimate of drug-likeness (QED) is 0.535. The lowest BCUT2D eigenvalue weighted by Gasteiger charge is -2.03. The van der Waals surface area contributed by atoms with Gasteiger partial charge in [-0.2, -0.15) is 0 Å². The molecule has 0 aliphatic heterocycles. The van der Waals surface area contributed by atoms with Gasteiger partial charge in [0, 0.05) is 0 Å². The summed E-state index contributed by atoms with van der Waals surface area (Å²) in [4.78, 5) is 20.7. The van der Waals surface area contributed by atoms with Crippen molar-refractivity contribution in [1.82, 2.24) is 4.72 Å². The largest absolute Gasteiger partial charge is 0.480 e. The number of esters is 1. The highest BCUT2D eigenvalue weighted by atomic mass is 32.2. The van der Waals surface area contributed by atoms with Crippen molar-refractivity contribution in [3.63, 3.8) is 0 Å². The molecule has 8 heteroatoms. The number of aliphatic carboxylic acids is 1. The smallest absolute Gasteiger partial charge is 0.320 e. The summed E-state index contributed by atoms with van der Waals surface area (Å²) in [5, 5.41) is 8.18. The molecule has 0 saturated heterocycles. The molecule has 0 fully saturated rings. The molecular weight excluding hydrogens is 214 g/mol. The number of carboxylic acid groups (broad SMARTS) is 1. The van der Waals surface area contributed by atoms with Gasteiger partial charge in [0.15, 0.2) is 5.75 Å². The van der Waals surface area contributed by atoms with Gasteiger partial charge in [-0.15, -0.1) is 0 Å². The summed E-state index contributed by atoms with van der Waals surface area (Å²) >= 11 is 0. The molecule has 0 aromatic carbocycles. The van der Waals surface area contributed by atoms with E-state index in [0.717, 1.165) is 0 Å². The van der Waals surface area contributed by atoms with Crippen LogP contribution in [0.15, 0.2) is 0 Å². The minimum atomic E-state index is -3.94. The predicted octanol–water partition coefficient (Wildman–Crippen LogP) is -1.45. The van der Waals surface area contributed by atoms with Crippen LogP contribution in [0.1, 0.15) is 6.92 Å². The van der Waals surface area contributed by atoms with E-state index in [1.165, 1.54) is 0 Å². The van der Waals surface area contributed by atoms with Gasteiger partial charge < -0.3 is 9.84 Å². The molecule has 0 saturated carbocycles. The van der Waals surface area contributed by atoms with E-state index in [1.807, 2.05) is 0 Å². The highest BCUT2D eigenvalue weighted by Gasteiger charge is 2.16. The summed E-state index contributed by atoms with van der Waals surface area (Å²) in [5.74, 6) is -3.30. The minimum Gasteiger partial charge on any atom is -0.480 e. The van der Waals surface area contributed by atoms with Crippen molar-refractivity contribution in [2.24, 2.45) is 0 Å². The first kappa shape index (κ1) is 12.8. The molecule has 0 atom stereocenters. The van der Waals surface area contributed by atoms with Crippen LogP contribution in [0.3, 0.4) is 0 Å². The van der Waals surface area contributed by atoms with Gasteiger partial charge in [0.05, 0.1) is 6.61 Å². The zero-order valence-electron chi connectivity index (χ0n) is 7.52. The number of rotatable bonds is 6. The summed E-state index contributed by atoms with van der Waals surface area (Å²) in [6, 6.07) is 0. The number of sulfonamides is 1. The number of ether oxygens (including phenoxy) is 1. The second kappa shape index (κ2) is 5.55. The molecule has 0 bridgehead atoms. The fourth-order valence-electron chi connectivity index (χ4n) is 0.594. The molecule has 0 spiro atoms. The van der Waals surface area contributed by atoms with Crippen molar-refractivity contribution in [2.75, 3.05) is 18.9 Å². The van der Waals surface area contributed by atoms with E-state index in [9.17, 15) is 18.0 Å². The molecule has 0 aliphatic rings. The molecule has 0 aromatic heterocycles. The molecule has 2 N–H and O–H groups in total. The fourth-order valence-corrected chi connectivity index (χ4v) is 1.36. The molecule has 0 aromatic rings. The maximum absolute atomic E-state index is 10.8. The maximum atomic E-state index is 10.8. The Bertz CT molecular complexity index is 308. The van der Waals surface area contributed by atoms with E-state index in [4.69, 9.17) is 5.11 Å². The zero-order chi connectivity index (χ0) is 11.2. The van der Waals surface area contributed by atoms with Crippen LogP contribution in [-0.2, 0) is 24.3 Å². The standard InChI is InChI=1S/C6H11NO6S/c1-2-13-6(10)3-7-14(11,12)4-5(8)9/h7H,2-4H2,1H3,(H,8,9). The van der Waals surface area contributed by atoms with E-state index >= 15 is 0 Å². The summed E-state index contributed by atoms with van der Waals surface area (Å²) in [6.45, 7) is 1.16. The maximum Gasteiger partial charge on any atom is 0.320 e. The molecule has 0 rings (SSSR count). The molecule has 14 heavy (non-hydrogen) atoms. The van der Waals surface area contributed by atoms with Crippen molar-refractivity contribution in [3.8, 4) is 0 Å². The molecule has 82 valence electrons. The zero-order valence-corrected chi connectivity index (χ0v) is 8.33. The van der Waals surface area contributed by atoms with Gasteiger partial charge in [0.1, 0.15) is 6.54 Å². The monoisotopic (exact) mass is 225 g/mol. The third-order valence-corrected chi connectivity index (χ3v) is 2.27. The van der Waals surface area contributed by atoms with Crippen LogP contribution < -0.4 is 4.72 Å². The lowest BCUT2D eigenvalue weighted by Crippen LogP contribution is -2.34. The van der Waals surface area contributed by atoms with Gasteiger partial charge in [-0.1, -0.05) is 0 Å². The number of carbonyl (C=O) groups excluding carboxylic acids is 1. The van der Waals surface area contributed by atoms with Crippen LogP contribution in [0.25, 0.3) is 0 Å². The number of carbonyl (C=O) groups is 2. The van der Waals surface area contributed by atoms with Gasteiger partial charge in [-0.3, -0.25) is 9.59 Å². The molecule has 7 nitrogen and oxygen atoms in total. The Balaban J connectivity index is 4.00. The van der Waals surface area contributed by atoms with Crippen molar-refractivity contribution in [2.45, 2.75) is 6.92 Å². The highest BCUT2D eigenvalue weighted by Crippen LogP contribution is 1.84. The van der Waals surface area contributed by atoms with Gasteiger partial charge in [0.2, 0.25) is 10.0 Å². The Kier molecular flexibility index (Phi) is 5.10. The lowest BCUT2D eigenvalue weighted by molar-refractivity contribution is -0.141. The van der Waals surface area contributed by atoms with Crippen LogP contribution in [0.5, 0.6) is 0 Å². The Morgan fingerprint density at radius 2 is 2.00 bits per heavy atom. The van der Waals surface area contributed by atoms with Crippen LogP contribution >= 0.6 is 0 Å². The van der Waals surface area contributed by atoms with E-state index in [1.54, 1.807) is 11.6 Å². The molecule has 0 heterocycles. The highest BCUT2D eigenvalue weighted by molar-refractivity contribution is 7.90. The van der Waals surface area contributed by atoms with E-state index in [-0.39, 0.29) is 6.61 Å². The normalized spacial score (nSPS) is 10.9. The summed E-state index contributed by atoms with van der Waals surface area (Å²) < 4.78 is 27.9. The van der Waals surface area contributed by atoms with Crippen molar-refractivity contribution in [3.05, 3.63) is 0 Å². The topological polar surface area (TPSA) is 110 Å². The average molecular weight is 225 g/mol. The number of carboxylic acids is 1. The van der Waals surface area contributed by atoms with Crippen LogP contribution in [0.2, 0.25) is 0 Å². The number of hydrogen-bond acceptors (Lipinski definition) is 5. The summed E-state index contributed by atoms with van der Waals surface area (Å²) in [6.07, 6.45) is 0. The van der Waals surface area contributed by atoms with Crippen LogP contribution in [0.4, 0.5) is 0 Å². The molecular formula is C6H11NO6S. The van der Waals surface area contributed by atoms with Crippen LogP contribution in [-0.4, -0.2) is 44.4 Å². The average Bonchev–Trinajstić information content (AvgIpc) is 1.99. The van der Waals surface area contributed by atoms with Gasteiger partial charge in [0.25, 0.3) is 0 Å². The summed E-state index contributed by atoms with van der Waals surface area (Å²) in [7, 11) is -3.94. The molecule has 0 unspecified atom stereocenters. The van der Waals surface area contributed by atoms with Gasteiger partial charge in [-0.05, 0) is 6.92 Å². The summed E-state index contributed by atoms with van der Waals surface area (Å²) in [5.41, 5.74) is 0. The first-order valence-corrected chi connectivity index (χ1v) is 5.37. The SMILES string of the molecule is CCOC(=O)CNS(=O)(=O)CC(=O)O. The third-order valence-electron chi connectivity index (χ3n) is 1.06. The number of hydrogen-bond donors (Lipinski definition) is 2. The Labute approximate surface area is 81.1 Å². The van der Waals surface area contributed by atoms with Gasteiger partial charge >= 0.3 is 11.9 Å². The minimum absolute atomic E-state index is 0.138.